The van der Waals surface area contributed by atoms with Crippen LogP contribution in [0.3, 0.4) is 0 Å². The lowest BCUT2D eigenvalue weighted by molar-refractivity contribution is 0.630. The van der Waals surface area contributed by atoms with Crippen molar-refractivity contribution in [3.8, 4) is 0 Å². The third kappa shape index (κ3) is 2.16. The molecule has 0 spiro atoms. The van der Waals surface area contributed by atoms with Crippen LogP contribution >= 0.6 is 11.3 Å². The second-order valence-corrected chi connectivity index (χ2v) is 5.23. The van der Waals surface area contributed by atoms with E-state index in [1.54, 1.807) is 6.07 Å². The Kier molecular flexibility index (Phi) is 2.57. The van der Waals surface area contributed by atoms with Gasteiger partial charge in [-0.1, -0.05) is 6.07 Å². The van der Waals surface area contributed by atoms with Gasteiger partial charge in [-0.15, -0.1) is 11.3 Å². The average molecular weight is 249 g/mol. The summed E-state index contributed by atoms with van der Waals surface area (Å²) in [5.41, 5.74) is 2.63. The monoisotopic (exact) mass is 249 g/mol. The summed E-state index contributed by atoms with van der Waals surface area (Å²) in [5.74, 6) is 5.97. The van der Waals surface area contributed by atoms with Crippen molar-refractivity contribution in [2.24, 2.45) is 10.8 Å². The smallest absolute Gasteiger partial charge is 0.153 e. The number of nitrogens with two attached hydrogens (primary N) is 1. The third-order valence-corrected chi connectivity index (χ3v) is 3.82. The van der Waals surface area contributed by atoms with Crippen LogP contribution in [0, 0.1) is 5.82 Å². The SMILES string of the molecule is NNC(=NC1CC1)c1cc2ccc(F)cc2s1. The minimum Gasteiger partial charge on any atom is -0.308 e. The lowest BCUT2D eigenvalue weighted by Crippen LogP contribution is -2.30. The Morgan fingerprint density at radius 3 is 2.94 bits per heavy atom. The molecular weight excluding hydrogens is 237 g/mol. The first-order valence-corrected chi connectivity index (χ1v) is 6.32. The molecule has 0 bridgehead atoms. The van der Waals surface area contributed by atoms with Crippen LogP contribution in [0.2, 0.25) is 0 Å². The van der Waals surface area contributed by atoms with Gasteiger partial charge in [-0.25, -0.2) is 10.2 Å². The van der Waals surface area contributed by atoms with Gasteiger partial charge >= 0.3 is 0 Å². The number of thiophene rings is 1. The Morgan fingerprint density at radius 1 is 1.41 bits per heavy atom. The molecule has 1 saturated carbocycles. The number of aliphatic imine (C=N–C) groups is 1. The Balaban J connectivity index is 2.04. The van der Waals surface area contributed by atoms with Crippen LogP contribution in [-0.2, 0) is 0 Å². The molecule has 1 aliphatic rings. The molecule has 88 valence electrons. The van der Waals surface area contributed by atoms with Crippen LogP contribution < -0.4 is 11.3 Å². The number of halogens is 1. The number of hydrogen-bond donors (Lipinski definition) is 2. The predicted molar refractivity (Wildman–Crippen MR) is 68.7 cm³/mol. The highest BCUT2D eigenvalue weighted by Gasteiger charge is 2.21. The van der Waals surface area contributed by atoms with E-state index in [0.717, 1.165) is 27.8 Å². The third-order valence-electron chi connectivity index (χ3n) is 2.71. The van der Waals surface area contributed by atoms with Gasteiger partial charge in [0.1, 0.15) is 5.82 Å². The molecule has 1 aromatic carbocycles. The Labute approximate surface area is 102 Å². The zero-order valence-electron chi connectivity index (χ0n) is 9.11. The fourth-order valence-electron chi connectivity index (χ4n) is 1.68. The van der Waals surface area contributed by atoms with Crippen LogP contribution in [0.1, 0.15) is 17.7 Å². The zero-order chi connectivity index (χ0) is 11.8. The molecule has 1 fully saturated rings. The molecule has 0 radical (unpaired) electrons. The summed E-state index contributed by atoms with van der Waals surface area (Å²) in [6.07, 6.45) is 2.26. The molecule has 5 heteroatoms. The van der Waals surface area contributed by atoms with Gasteiger partial charge in [-0.2, -0.15) is 0 Å². The molecule has 0 amide bonds. The molecular formula is C12H12FN3S. The molecule has 0 saturated heterocycles. The number of benzene rings is 1. The minimum atomic E-state index is -0.215. The highest BCUT2D eigenvalue weighted by atomic mass is 32.1. The van der Waals surface area contributed by atoms with Crippen molar-refractivity contribution in [1.29, 1.82) is 0 Å². The zero-order valence-corrected chi connectivity index (χ0v) is 9.93. The van der Waals surface area contributed by atoms with Gasteiger partial charge in [0, 0.05) is 4.70 Å². The Hall–Kier alpha value is -1.46. The van der Waals surface area contributed by atoms with Crippen molar-refractivity contribution in [2.45, 2.75) is 18.9 Å². The van der Waals surface area contributed by atoms with Gasteiger partial charge in [0.25, 0.3) is 0 Å². The minimum absolute atomic E-state index is 0.215. The molecule has 17 heavy (non-hydrogen) atoms. The van der Waals surface area contributed by atoms with Gasteiger partial charge in [-0.05, 0) is 36.4 Å². The van der Waals surface area contributed by atoms with Gasteiger partial charge in [0.05, 0.1) is 10.9 Å². The second-order valence-electron chi connectivity index (χ2n) is 4.15. The summed E-state index contributed by atoms with van der Waals surface area (Å²) < 4.78 is 14.0. The molecule has 1 heterocycles. The molecule has 1 aliphatic carbocycles. The number of rotatable bonds is 2. The summed E-state index contributed by atoms with van der Waals surface area (Å²) in [7, 11) is 0. The van der Waals surface area contributed by atoms with Crippen molar-refractivity contribution in [3.63, 3.8) is 0 Å². The number of nitrogens with zero attached hydrogens (tertiary/aromatic N) is 1. The van der Waals surface area contributed by atoms with Gasteiger partial charge in [-0.3, -0.25) is 4.99 Å². The van der Waals surface area contributed by atoms with Crippen LogP contribution in [-0.4, -0.2) is 11.9 Å². The maximum absolute atomic E-state index is 13.1. The van der Waals surface area contributed by atoms with E-state index in [1.807, 2.05) is 6.07 Å². The molecule has 3 rings (SSSR count). The maximum atomic E-state index is 13.1. The van der Waals surface area contributed by atoms with Crippen molar-refractivity contribution in [2.75, 3.05) is 0 Å². The molecule has 1 aromatic heterocycles. The van der Waals surface area contributed by atoms with Crippen molar-refractivity contribution in [1.82, 2.24) is 5.43 Å². The van der Waals surface area contributed by atoms with Gasteiger partial charge < -0.3 is 5.43 Å². The molecule has 0 atom stereocenters. The van der Waals surface area contributed by atoms with Crippen LogP contribution in [0.5, 0.6) is 0 Å². The quantitative estimate of drug-likeness (QED) is 0.372. The molecule has 0 aliphatic heterocycles. The molecule has 2 aromatic rings. The standard InChI is InChI=1S/C12H12FN3S/c13-8-2-1-7-5-11(17-10(7)6-8)12(16-14)15-9-3-4-9/h1-2,5-6,9H,3-4,14H2,(H,15,16). The summed E-state index contributed by atoms with van der Waals surface area (Å²) in [6, 6.07) is 7.17. The maximum Gasteiger partial charge on any atom is 0.153 e. The number of fused-ring (bicyclic) bond motifs is 1. The van der Waals surface area contributed by atoms with E-state index in [2.05, 4.69) is 10.4 Å². The first-order chi connectivity index (χ1) is 8.26. The number of hydrazine groups is 1. The van der Waals surface area contributed by atoms with Crippen molar-refractivity contribution >= 4 is 27.3 Å². The Morgan fingerprint density at radius 2 is 2.24 bits per heavy atom. The van der Waals surface area contributed by atoms with E-state index < -0.39 is 0 Å². The van der Waals surface area contributed by atoms with Crippen LogP contribution in [0.4, 0.5) is 4.39 Å². The summed E-state index contributed by atoms with van der Waals surface area (Å²) in [4.78, 5) is 5.45. The van der Waals surface area contributed by atoms with Crippen molar-refractivity contribution < 1.29 is 4.39 Å². The molecule has 3 nitrogen and oxygen atoms in total. The summed E-state index contributed by atoms with van der Waals surface area (Å²) in [6.45, 7) is 0. The van der Waals surface area contributed by atoms with E-state index in [4.69, 9.17) is 5.84 Å². The van der Waals surface area contributed by atoms with E-state index in [0.29, 0.717) is 11.9 Å². The van der Waals surface area contributed by atoms with E-state index in [1.165, 1.54) is 23.5 Å². The van der Waals surface area contributed by atoms with Crippen LogP contribution in [0.25, 0.3) is 10.1 Å². The predicted octanol–water partition coefficient (Wildman–Crippen LogP) is 2.41. The Bertz CT molecular complexity index is 586. The number of amidine groups is 1. The highest BCUT2D eigenvalue weighted by molar-refractivity contribution is 7.20. The largest absolute Gasteiger partial charge is 0.308 e. The van der Waals surface area contributed by atoms with Crippen LogP contribution in [0.15, 0.2) is 29.3 Å². The lowest BCUT2D eigenvalue weighted by atomic mass is 10.2. The first-order valence-electron chi connectivity index (χ1n) is 5.50. The molecule has 3 N–H and O–H groups in total. The number of nitrogens with one attached hydrogen (secondary N) is 1. The van der Waals surface area contributed by atoms with Gasteiger partial charge in [0.2, 0.25) is 0 Å². The highest BCUT2D eigenvalue weighted by Crippen LogP contribution is 2.28. The number of hydrogen-bond acceptors (Lipinski definition) is 3. The fourth-order valence-corrected chi connectivity index (χ4v) is 2.73. The normalized spacial score (nSPS) is 16.5. The fraction of sp³-hybridized carbons (Fsp3) is 0.250. The topological polar surface area (TPSA) is 50.4 Å². The average Bonchev–Trinajstić information content (AvgIpc) is 3.04. The van der Waals surface area contributed by atoms with E-state index in [-0.39, 0.29) is 5.82 Å². The van der Waals surface area contributed by atoms with E-state index >= 15 is 0 Å². The van der Waals surface area contributed by atoms with Gasteiger partial charge in [0.15, 0.2) is 5.84 Å². The summed E-state index contributed by atoms with van der Waals surface area (Å²) in [5, 5.41) is 1.02. The second kappa shape index (κ2) is 4.09. The first kappa shape index (κ1) is 10.7. The summed E-state index contributed by atoms with van der Waals surface area (Å²) >= 11 is 1.50. The van der Waals surface area contributed by atoms with Crippen molar-refractivity contribution in [3.05, 3.63) is 35.0 Å². The molecule has 0 unspecified atom stereocenters. The van der Waals surface area contributed by atoms with E-state index in [9.17, 15) is 4.39 Å². The lowest BCUT2D eigenvalue weighted by Gasteiger charge is -2.01.